The highest BCUT2D eigenvalue weighted by molar-refractivity contribution is 7.18. The number of halogens is 2. The predicted molar refractivity (Wildman–Crippen MR) is 193 cm³/mol. The minimum Gasteiger partial charge on any atom is -0.445 e. The van der Waals surface area contributed by atoms with Crippen LogP contribution >= 0.6 is 9.24 Å². The summed E-state index contributed by atoms with van der Waals surface area (Å²) in [7, 11) is 1.51. The maximum atomic E-state index is 13.9. The third-order valence-corrected chi connectivity index (χ3v) is 10.6. The lowest BCUT2D eigenvalue weighted by atomic mass is 9.73. The summed E-state index contributed by atoms with van der Waals surface area (Å²) >= 11 is 0. The Kier molecular flexibility index (Phi) is 11.5. The van der Waals surface area contributed by atoms with Gasteiger partial charge in [0, 0.05) is 19.1 Å². The summed E-state index contributed by atoms with van der Waals surface area (Å²) in [5.41, 5.74) is 0.446. The van der Waals surface area contributed by atoms with Crippen molar-refractivity contribution in [3.05, 3.63) is 95.6 Å². The van der Waals surface area contributed by atoms with Gasteiger partial charge in [0.15, 0.2) is 0 Å². The molecule has 0 radical (unpaired) electrons. The van der Waals surface area contributed by atoms with E-state index in [1.807, 2.05) is 78.9 Å². The number of amides is 3. The fourth-order valence-electron chi connectivity index (χ4n) is 7.91. The minimum absolute atomic E-state index is 0.0311. The smallest absolute Gasteiger partial charge is 0.410 e. The average molecular weight is 705 g/mol. The van der Waals surface area contributed by atoms with Crippen LogP contribution in [-0.2, 0) is 26.3 Å². The second-order valence-electron chi connectivity index (χ2n) is 13.8. The van der Waals surface area contributed by atoms with Gasteiger partial charge in [-0.05, 0) is 85.9 Å². The number of carbonyl (C=O) groups is 3. The quantitative estimate of drug-likeness (QED) is 0.167. The van der Waals surface area contributed by atoms with Crippen LogP contribution in [0.4, 0.5) is 13.6 Å². The van der Waals surface area contributed by atoms with Crippen molar-refractivity contribution in [2.24, 2.45) is 0 Å². The molecule has 2 N–H and O–H groups in total. The number of benzene rings is 3. The number of rotatable bonds is 12. The van der Waals surface area contributed by atoms with Crippen molar-refractivity contribution >= 4 is 27.1 Å². The lowest BCUT2D eigenvalue weighted by molar-refractivity contribution is -0.127. The number of hydrogen-bond acceptors (Lipinski definition) is 5. The summed E-state index contributed by atoms with van der Waals surface area (Å²) in [4.78, 5) is 44.1. The molecule has 2 heterocycles. The van der Waals surface area contributed by atoms with Gasteiger partial charge in [-0.15, -0.1) is 0 Å². The van der Waals surface area contributed by atoms with Crippen LogP contribution in [0.5, 0.6) is 0 Å². The molecule has 3 atom stereocenters. The summed E-state index contributed by atoms with van der Waals surface area (Å²) < 4.78 is 33.2. The summed E-state index contributed by atoms with van der Waals surface area (Å²) in [6.45, 7) is 2.52. The zero-order valence-corrected chi connectivity index (χ0v) is 29.6. The van der Waals surface area contributed by atoms with Gasteiger partial charge in [0.05, 0.1) is 6.54 Å². The average Bonchev–Trinajstić information content (AvgIpc) is 3.65. The van der Waals surface area contributed by atoms with Crippen LogP contribution in [0.25, 0.3) is 11.1 Å². The summed E-state index contributed by atoms with van der Waals surface area (Å²) in [5.74, 6) is -0.506. The zero-order chi connectivity index (χ0) is 35.1. The van der Waals surface area contributed by atoms with Crippen molar-refractivity contribution in [2.75, 3.05) is 32.7 Å². The number of carbonyl (C=O) groups excluding carboxylic acids is 3. The number of likely N-dealkylation sites (tertiary alicyclic amines) is 2. The molecule has 8 nitrogen and oxygen atoms in total. The van der Waals surface area contributed by atoms with Crippen molar-refractivity contribution in [1.82, 2.24) is 20.4 Å². The Labute approximate surface area is 295 Å². The summed E-state index contributed by atoms with van der Waals surface area (Å²) in [6, 6.07) is 24.6. The zero-order valence-electron chi connectivity index (χ0n) is 28.4. The van der Waals surface area contributed by atoms with Crippen molar-refractivity contribution in [3.63, 3.8) is 0 Å². The molecule has 0 aromatic heterocycles. The van der Waals surface area contributed by atoms with Crippen LogP contribution in [0.15, 0.2) is 78.9 Å². The molecule has 11 heteroatoms. The molecule has 2 aliphatic heterocycles. The molecule has 2 fully saturated rings. The molecule has 2 unspecified atom stereocenters. The Morgan fingerprint density at radius 3 is 2.20 bits per heavy atom. The predicted octanol–water partition coefficient (Wildman–Crippen LogP) is 6.48. The van der Waals surface area contributed by atoms with Crippen LogP contribution in [0, 0.1) is 0 Å². The first-order chi connectivity index (χ1) is 24.2. The number of alkyl halides is 2. The number of nitrogens with zero attached hydrogens (tertiary/aromatic N) is 2. The lowest BCUT2D eigenvalue weighted by Crippen LogP contribution is -2.49. The maximum absolute atomic E-state index is 13.9. The van der Waals surface area contributed by atoms with Crippen LogP contribution in [0.2, 0.25) is 0 Å². The normalized spacial score (nSPS) is 20.0. The fraction of sp³-hybridized carbons (Fsp3) is 0.462. The highest BCUT2D eigenvalue weighted by Gasteiger charge is 2.49. The Balaban J connectivity index is 1.02. The number of nitrogens with one attached hydrogen (secondary N) is 2. The molecule has 1 aliphatic carbocycles. The molecule has 3 aliphatic rings. The van der Waals surface area contributed by atoms with Gasteiger partial charge >= 0.3 is 6.09 Å². The Bertz CT molecular complexity index is 1610. The molecule has 0 saturated carbocycles. The van der Waals surface area contributed by atoms with E-state index in [2.05, 4.69) is 15.5 Å². The summed E-state index contributed by atoms with van der Waals surface area (Å²) in [5, 5.41) is 5.79. The topological polar surface area (TPSA) is 91.0 Å². The van der Waals surface area contributed by atoms with Crippen molar-refractivity contribution in [3.8, 4) is 11.1 Å². The highest BCUT2D eigenvalue weighted by Crippen LogP contribution is 2.51. The molecule has 0 spiro atoms. The highest BCUT2D eigenvalue weighted by atomic mass is 31.0. The van der Waals surface area contributed by atoms with Crippen molar-refractivity contribution in [2.45, 2.75) is 81.1 Å². The molecule has 50 heavy (non-hydrogen) atoms. The van der Waals surface area contributed by atoms with Gasteiger partial charge in [-0.1, -0.05) is 94.5 Å². The van der Waals surface area contributed by atoms with Crippen LogP contribution in [-0.4, -0.2) is 78.2 Å². The molecule has 3 amide bonds. The van der Waals surface area contributed by atoms with Gasteiger partial charge in [0.1, 0.15) is 18.1 Å². The molecular weight excluding hydrogens is 657 g/mol. The molecule has 2 saturated heterocycles. The third-order valence-electron chi connectivity index (χ3n) is 10.4. The van der Waals surface area contributed by atoms with Crippen molar-refractivity contribution in [1.29, 1.82) is 0 Å². The Morgan fingerprint density at radius 1 is 0.840 bits per heavy atom. The molecule has 266 valence electrons. The van der Waals surface area contributed by atoms with E-state index in [0.29, 0.717) is 19.4 Å². The van der Waals surface area contributed by atoms with Gasteiger partial charge in [0.2, 0.25) is 11.8 Å². The van der Waals surface area contributed by atoms with Gasteiger partial charge in [-0.2, -0.15) is 0 Å². The SMILES string of the molecule is O=C(NC1CCCN(CCCCC2(C(=O)NCC(F)(F)P)c3ccccc3-c3ccccc32)CC1)[C@@H]1CCCN1C(=O)OCc1ccccc1. The largest absolute Gasteiger partial charge is 0.445 e. The lowest BCUT2D eigenvalue weighted by Gasteiger charge is -2.32. The number of fused-ring (bicyclic) bond motifs is 3. The molecule has 3 aromatic rings. The van der Waals surface area contributed by atoms with E-state index in [-0.39, 0.29) is 18.6 Å². The molecule has 6 rings (SSSR count). The van der Waals surface area contributed by atoms with Crippen LogP contribution in [0.3, 0.4) is 0 Å². The van der Waals surface area contributed by atoms with Gasteiger partial charge < -0.3 is 20.3 Å². The van der Waals surface area contributed by atoms with E-state index in [1.165, 1.54) is 9.24 Å². The Hall–Kier alpha value is -3.88. The van der Waals surface area contributed by atoms with Gasteiger partial charge in [0.25, 0.3) is 5.66 Å². The monoisotopic (exact) mass is 704 g/mol. The van der Waals surface area contributed by atoms with Crippen LogP contribution < -0.4 is 10.6 Å². The summed E-state index contributed by atoms with van der Waals surface area (Å²) in [6.07, 6.45) is 5.64. The van der Waals surface area contributed by atoms with E-state index in [4.69, 9.17) is 4.74 Å². The van der Waals surface area contributed by atoms with E-state index in [0.717, 1.165) is 86.0 Å². The van der Waals surface area contributed by atoms with Gasteiger partial charge in [-0.3, -0.25) is 14.5 Å². The standard InChI is InChI=1S/C39H47F2N4O4P/c40-39(41,50)27-42-36(47)38(32-17-6-4-15-30(32)31-16-5-7-18-33(31)38)21-8-9-22-44-23-10-14-29(20-25-44)43-35(46)34-19-11-24-45(34)37(48)49-26-28-12-2-1-3-13-28/h1-7,12-13,15-18,29,34H,8-11,14,19-27,50H2,(H,42,47)(H,43,46)/t29?,34-/m0/s1. The fourth-order valence-corrected chi connectivity index (χ4v) is 8.01. The van der Waals surface area contributed by atoms with Crippen LogP contribution in [0.1, 0.15) is 68.1 Å². The van der Waals surface area contributed by atoms with E-state index >= 15 is 0 Å². The second-order valence-corrected chi connectivity index (χ2v) is 14.6. The van der Waals surface area contributed by atoms with E-state index in [9.17, 15) is 23.2 Å². The number of unbranched alkanes of at least 4 members (excludes halogenated alkanes) is 1. The van der Waals surface area contributed by atoms with Gasteiger partial charge in [-0.25, -0.2) is 13.6 Å². The molecular formula is C39H47F2N4O4P. The third kappa shape index (κ3) is 8.18. The first-order valence-corrected chi connectivity index (χ1v) is 18.4. The molecule has 0 bridgehead atoms. The van der Waals surface area contributed by atoms with E-state index in [1.54, 1.807) is 4.90 Å². The number of ether oxygens (including phenoxy) is 1. The maximum Gasteiger partial charge on any atom is 0.410 e. The van der Waals surface area contributed by atoms with E-state index < -0.39 is 35.7 Å². The molecule has 3 aromatic carbocycles. The minimum atomic E-state index is -3.09. The second kappa shape index (κ2) is 16.0. The number of hydrogen-bond donors (Lipinski definition) is 2. The van der Waals surface area contributed by atoms with Crippen molar-refractivity contribution < 1.29 is 27.9 Å². The first-order valence-electron chi connectivity index (χ1n) is 17.8. The first kappa shape index (κ1) is 35.9. The Morgan fingerprint density at radius 2 is 1.50 bits per heavy atom.